The van der Waals surface area contributed by atoms with Crippen molar-refractivity contribution in [3.05, 3.63) is 65.3 Å². The average Bonchev–Trinajstić information content (AvgIpc) is 3.16. The van der Waals surface area contributed by atoms with Crippen molar-refractivity contribution in [2.75, 3.05) is 6.54 Å². The van der Waals surface area contributed by atoms with Crippen molar-refractivity contribution >= 4 is 5.91 Å². The molecule has 2 N–H and O–H groups in total. The van der Waals surface area contributed by atoms with Crippen molar-refractivity contribution in [3.8, 4) is 11.5 Å². The fourth-order valence-electron chi connectivity index (χ4n) is 2.25. The molecule has 6 heteroatoms. The minimum atomic E-state index is -0.285. The van der Waals surface area contributed by atoms with Crippen LogP contribution in [0.15, 0.2) is 46.9 Å². The van der Waals surface area contributed by atoms with E-state index in [1.165, 1.54) is 12.1 Å². The number of aryl methyl sites for hydroxylation is 1. The summed E-state index contributed by atoms with van der Waals surface area (Å²) >= 11 is 0. The monoisotopic (exact) mass is 313 g/mol. The number of H-pyrrole nitrogens is 1. The van der Waals surface area contributed by atoms with Gasteiger partial charge in [-0.2, -0.15) is 5.10 Å². The zero-order valence-corrected chi connectivity index (χ0v) is 12.6. The third-order valence-electron chi connectivity index (χ3n) is 3.40. The van der Waals surface area contributed by atoms with Gasteiger partial charge >= 0.3 is 0 Å². The number of nitrogens with one attached hydrogen (secondary N) is 2. The van der Waals surface area contributed by atoms with Gasteiger partial charge in [-0.1, -0.05) is 12.1 Å². The summed E-state index contributed by atoms with van der Waals surface area (Å²) in [7, 11) is 0. The topological polar surface area (TPSA) is 70.9 Å². The average molecular weight is 313 g/mol. The summed E-state index contributed by atoms with van der Waals surface area (Å²) in [6.07, 6.45) is 0.554. The van der Waals surface area contributed by atoms with Crippen molar-refractivity contribution in [2.24, 2.45) is 0 Å². The van der Waals surface area contributed by atoms with Crippen LogP contribution in [-0.4, -0.2) is 22.6 Å². The molecule has 0 aliphatic carbocycles. The Morgan fingerprint density at radius 3 is 2.91 bits per heavy atom. The summed E-state index contributed by atoms with van der Waals surface area (Å²) in [5.41, 5.74) is 1.76. The van der Waals surface area contributed by atoms with Gasteiger partial charge in [0.25, 0.3) is 5.91 Å². The van der Waals surface area contributed by atoms with E-state index in [-0.39, 0.29) is 17.4 Å². The highest BCUT2D eigenvalue weighted by Gasteiger charge is 2.12. The van der Waals surface area contributed by atoms with E-state index in [9.17, 15) is 9.18 Å². The number of rotatable bonds is 5. The van der Waals surface area contributed by atoms with Crippen molar-refractivity contribution in [2.45, 2.75) is 13.3 Å². The van der Waals surface area contributed by atoms with Crippen LogP contribution in [0.1, 0.15) is 21.8 Å². The van der Waals surface area contributed by atoms with Crippen LogP contribution < -0.4 is 5.32 Å². The maximum absolute atomic E-state index is 13.1. The molecule has 0 aliphatic rings. The molecule has 5 nitrogen and oxygen atoms in total. The van der Waals surface area contributed by atoms with Crippen LogP contribution in [0, 0.1) is 12.7 Å². The van der Waals surface area contributed by atoms with Crippen molar-refractivity contribution in [1.29, 1.82) is 0 Å². The summed E-state index contributed by atoms with van der Waals surface area (Å²) in [5.74, 6) is 0.858. The normalized spacial score (nSPS) is 10.7. The number of benzene rings is 1. The molecular weight excluding hydrogens is 297 g/mol. The molecule has 0 fully saturated rings. The highest BCUT2D eigenvalue weighted by molar-refractivity contribution is 5.93. The third kappa shape index (κ3) is 3.66. The molecule has 3 rings (SSSR count). The largest absolute Gasteiger partial charge is 0.460 e. The number of carbonyl (C=O) groups excluding carboxylic acids is 1. The Morgan fingerprint density at radius 2 is 2.17 bits per heavy atom. The minimum Gasteiger partial charge on any atom is -0.460 e. The summed E-state index contributed by atoms with van der Waals surface area (Å²) in [5, 5.41) is 9.52. The molecule has 0 saturated heterocycles. The molecule has 0 bridgehead atoms. The second-order valence-electron chi connectivity index (χ2n) is 5.21. The summed E-state index contributed by atoms with van der Waals surface area (Å²) in [4.78, 5) is 12.1. The third-order valence-corrected chi connectivity index (χ3v) is 3.40. The predicted octanol–water partition coefficient (Wildman–Crippen LogP) is 3.09. The molecule has 0 spiro atoms. The van der Waals surface area contributed by atoms with Gasteiger partial charge in [0.1, 0.15) is 17.3 Å². The van der Waals surface area contributed by atoms with Gasteiger partial charge in [0.2, 0.25) is 0 Å². The fraction of sp³-hybridized carbons (Fsp3) is 0.176. The van der Waals surface area contributed by atoms with E-state index in [1.807, 2.05) is 25.1 Å². The number of furan rings is 1. The number of aromatic nitrogens is 2. The highest BCUT2D eigenvalue weighted by Crippen LogP contribution is 2.20. The first kappa shape index (κ1) is 15.0. The Hall–Kier alpha value is -2.89. The molecule has 0 unspecified atom stereocenters. The first-order valence-corrected chi connectivity index (χ1v) is 7.27. The van der Waals surface area contributed by atoms with Crippen LogP contribution in [0.25, 0.3) is 11.5 Å². The van der Waals surface area contributed by atoms with Crippen LogP contribution in [0.4, 0.5) is 4.39 Å². The molecule has 23 heavy (non-hydrogen) atoms. The van der Waals surface area contributed by atoms with Gasteiger partial charge < -0.3 is 9.73 Å². The van der Waals surface area contributed by atoms with Gasteiger partial charge in [-0.15, -0.1) is 0 Å². The Morgan fingerprint density at radius 1 is 1.30 bits per heavy atom. The number of carbonyl (C=O) groups is 1. The van der Waals surface area contributed by atoms with Crippen LogP contribution in [0.5, 0.6) is 0 Å². The molecule has 2 heterocycles. The smallest absolute Gasteiger partial charge is 0.271 e. The van der Waals surface area contributed by atoms with Gasteiger partial charge in [0, 0.05) is 12.6 Å². The first-order chi connectivity index (χ1) is 11.1. The second kappa shape index (κ2) is 6.48. The molecule has 0 atom stereocenters. The standard InChI is InChI=1S/C17H16FN3O2/c1-11-5-6-16(23-11)14-10-15(21-20-14)17(22)19-8-7-12-3-2-4-13(18)9-12/h2-6,9-10H,7-8H2,1H3,(H,19,22)(H,20,21). The lowest BCUT2D eigenvalue weighted by molar-refractivity contribution is 0.0949. The van der Waals surface area contributed by atoms with Gasteiger partial charge in [-0.25, -0.2) is 4.39 Å². The van der Waals surface area contributed by atoms with Crippen molar-refractivity contribution < 1.29 is 13.6 Å². The van der Waals surface area contributed by atoms with Crippen molar-refractivity contribution in [1.82, 2.24) is 15.5 Å². The Labute approximate surface area is 132 Å². The van der Waals surface area contributed by atoms with Crippen LogP contribution >= 0.6 is 0 Å². The molecule has 3 aromatic rings. The molecule has 2 aromatic heterocycles. The predicted molar refractivity (Wildman–Crippen MR) is 83.5 cm³/mol. The van der Waals surface area contributed by atoms with Crippen LogP contribution in [0.2, 0.25) is 0 Å². The zero-order valence-electron chi connectivity index (χ0n) is 12.6. The molecule has 0 aliphatic heterocycles. The molecule has 1 amide bonds. The van der Waals surface area contributed by atoms with Gasteiger partial charge in [0.15, 0.2) is 11.5 Å². The lowest BCUT2D eigenvalue weighted by atomic mass is 10.1. The van der Waals surface area contributed by atoms with E-state index in [4.69, 9.17) is 4.42 Å². The Bertz CT molecular complexity index is 823. The summed E-state index contributed by atoms with van der Waals surface area (Å²) < 4.78 is 18.5. The van der Waals surface area contributed by atoms with Crippen molar-refractivity contribution in [3.63, 3.8) is 0 Å². The number of hydrogen-bond donors (Lipinski definition) is 2. The van der Waals surface area contributed by atoms with E-state index in [0.29, 0.717) is 24.4 Å². The second-order valence-corrected chi connectivity index (χ2v) is 5.21. The number of amides is 1. The number of aromatic amines is 1. The van der Waals surface area contributed by atoms with Gasteiger partial charge in [-0.3, -0.25) is 9.89 Å². The molecular formula is C17H16FN3O2. The minimum absolute atomic E-state index is 0.278. The first-order valence-electron chi connectivity index (χ1n) is 7.27. The van der Waals surface area contributed by atoms with Gasteiger partial charge in [-0.05, 0) is 43.2 Å². The summed E-state index contributed by atoms with van der Waals surface area (Å²) in [6.45, 7) is 2.25. The van der Waals surface area contributed by atoms with E-state index < -0.39 is 0 Å². The summed E-state index contributed by atoms with van der Waals surface area (Å²) in [6, 6.07) is 11.6. The Kier molecular flexibility index (Phi) is 4.23. The lowest BCUT2D eigenvalue weighted by Gasteiger charge is -2.03. The maximum Gasteiger partial charge on any atom is 0.271 e. The lowest BCUT2D eigenvalue weighted by Crippen LogP contribution is -2.26. The number of nitrogens with zero attached hydrogens (tertiary/aromatic N) is 1. The van der Waals surface area contributed by atoms with E-state index in [2.05, 4.69) is 15.5 Å². The molecule has 118 valence electrons. The highest BCUT2D eigenvalue weighted by atomic mass is 19.1. The molecule has 0 saturated carbocycles. The molecule has 0 radical (unpaired) electrons. The molecule has 1 aromatic carbocycles. The van der Waals surface area contributed by atoms with Gasteiger partial charge in [0.05, 0.1) is 0 Å². The van der Waals surface area contributed by atoms with Crippen LogP contribution in [-0.2, 0) is 6.42 Å². The Balaban J connectivity index is 1.57. The van der Waals surface area contributed by atoms with E-state index in [1.54, 1.807) is 12.1 Å². The SMILES string of the molecule is Cc1ccc(-c2cc(C(=O)NCCc3cccc(F)c3)n[nH]2)o1. The number of hydrogen-bond acceptors (Lipinski definition) is 3. The number of halogens is 1. The van der Waals surface area contributed by atoms with E-state index >= 15 is 0 Å². The quantitative estimate of drug-likeness (QED) is 0.760. The maximum atomic E-state index is 13.1. The zero-order chi connectivity index (χ0) is 16.2. The fourth-order valence-corrected chi connectivity index (χ4v) is 2.25. The van der Waals surface area contributed by atoms with E-state index in [0.717, 1.165) is 11.3 Å². The van der Waals surface area contributed by atoms with Crippen LogP contribution in [0.3, 0.4) is 0 Å².